The third-order valence-electron chi connectivity index (χ3n) is 8.71. The Morgan fingerprint density at radius 2 is 1.65 bits per heavy atom. The van der Waals surface area contributed by atoms with Gasteiger partial charge in [-0.15, -0.1) is 0 Å². The second kappa shape index (κ2) is 15.6. The van der Waals surface area contributed by atoms with E-state index in [0.29, 0.717) is 48.6 Å². The fraction of sp³-hybridized carbons (Fsp3) is 0.200. The van der Waals surface area contributed by atoms with Crippen molar-refractivity contribution in [1.82, 2.24) is 19.5 Å². The highest BCUT2D eigenvalue weighted by atomic mass is 16.6. The Kier molecular flexibility index (Phi) is 10.2. The predicted octanol–water partition coefficient (Wildman–Crippen LogP) is 6.24. The minimum atomic E-state index is -0.615. The third-order valence-corrected chi connectivity index (χ3v) is 8.71. The van der Waals surface area contributed by atoms with Crippen LogP contribution in [0.2, 0.25) is 0 Å². The second-order valence-corrected chi connectivity index (χ2v) is 12.1. The van der Waals surface area contributed by atoms with Gasteiger partial charge in [0.1, 0.15) is 18.5 Å². The van der Waals surface area contributed by atoms with E-state index in [1.807, 2.05) is 36.4 Å². The molecule has 1 aliphatic heterocycles. The quantitative estimate of drug-likeness (QED) is 0.115. The molecule has 0 bridgehead atoms. The number of anilines is 1. The number of nitrogens with one attached hydrogen (secondary N) is 1. The van der Waals surface area contributed by atoms with E-state index in [-0.39, 0.29) is 41.0 Å². The van der Waals surface area contributed by atoms with Crippen LogP contribution in [0.4, 0.5) is 5.82 Å². The van der Waals surface area contributed by atoms with Crippen LogP contribution in [-0.4, -0.2) is 64.4 Å². The standard InChI is InChI=1S/C40H34N6O6/c1-49-23-29-19-34(52-39(47)28-15-9-4-10-16-28)33(20-31(29)40(48)51-30-17-18-50-24-30)46-25-43-36-37(44-35(21-41)45-38(36)46)42-22-32(26-11-5-2-6-12-26)27-13-7-3-8-14-27/h2-16,19-20,25,30,32H,17-18,22-24H2,1H3,(H,42,44,45). The predicted molar refractivity (Wildman–Crippen MR) is 191 cm³/mol. The minimum absolute atomic E-state index is 0.0330. The lowest BCUT2D eigenvalue weighted by Crippen LogP contribution is -2.20. The number of aromatic nitrogens is 4. The summed E-state index contributed by atoms with van der Waals surface area (Å²) in [6.07, 6.45) is 1.67. The molecule has 6 aromatic rings. The molecule has 1 unspecified atom stereocenters. The number of hydrogen-bond acceptors (Lipinski definition) is 11. The molecule has 0 spiro atoms. The molecule has 1 N–H and O–H groups in total. The van der Waals surface area contributed by atoms with E-state index in [9.17, 15) is 14.9 Å². The Hall–Kier alpha value is -6.42. The first kappa shape index (κ1) is 34.0. The number of rotatable bonds is 12. The summed E-state index contributed by atoms with van der Waals surface area (Å²) in [5.74, 6) is -0.895. The van der Waals surface area contributed by atoms with Gasteiger partial charge in [-0.05, 0) is 41.0 Å². The molecule has 12 nitrogen and oxygen atoms in total. The summed E-state index contributed by atoms with van der Waals surface area (Å²) in [5, 5.41) is 13.4. The number of ether oxygens (including phenoxy) is 4. The van der Waals surface area contributed by atoms with E-state index in [4.69, 9.17) is 18.9 Å². The number of fused-ring (bicyclic) bond motifs is 1. The van der Waals surface area contributed by atoms with Crippen molar-refractivity contribution in [2.75, 3.05) is 32.2 Å². The molecule has 12 heteroatoms. The fourth-order valence-electron chi connectivity index (χ4n) is 6.15. The van der Waals surface area contributed by atoms with Crippen molar-refractivity contribution in [3.8, 4) is 17.5 Å². The number of methoxy groups -OCH3 is 1. The van der Waals surface area contributed by atoms with E-state index < -0.39 is 18.0 Å². The Morgan fingerprint density at radius 3 is 2.29 bits per heavy atom. The summed E-state index contributed by atoms with van der Waals surface area (Å²) in [5.41, 5.74) is 4.06. The highest BCUT2D eigenvalue weighted by molar-refractivity contribution is 5.95. The lowest BCUT2D eigenvalue weighted by atomic mass is 9.91. The van der Waals surface area contributed by atoms with Gasteiger partial charge in [0, 0.05) is 26.0 Å². The molecule has 1 aliphatic rings. The molecule has 2 aromatic heterocycles. The summed E-state index contributed by atoms with van der Waals surface area (Å²) in [7, 11) is 1.50. The fourth-order valence-corrected chi connectivity index (χ4v) is 6.15. The smallest absolute Gasteiger partial charge is 0.343 e. The van der Waals surface area contributed by atoms with Gasteiger partial charge >= 0.3 is 11.9 Å². The molecular formula is C40H34N6O6. The first-order valence-corrected chi connectivity index (χ1v) is 16.7. The maximum absolute atomic E-state index is 13.6. The number of nitriles is 1. The van der Waals surface area contributed by atoms with Gasteiger partial charge in [-0.3, -0.25) is 4.57 Å². The number of carbonyl (C=O) groups is 2. The number of hydrogen-bond donors (Lipinski definition) is 1. The second-order valence-electron chi connectivity index (χ2n) is 12.1. The Bertz CT molecular complexity index is 2190. The number of benzene rings is 4. The third kappa shape index (κ3) is 7.36. The van der Waals surface area contributed by atoms with Crippen molar-refractivity contribution in [2.45, 2.75) is 25.0 Å². The van der Waals surface area contributed by atoms with Gasteiger partial charge in [0.05, 0.1) is 36.6 Å². The average Bonchev–Trinajstić information content (AvgIpc) is 3.86. The van der Waals surface area contributed by atoms with Crippen LogP contribution in [0.15, 0.2) is 109 Å². The highest BCUT2D eigenvalue weighted by Crippen LogP contribution is 2.33. The summed E-state index contributed by atoms with van der Waals surface area (Å²) in [4.78, 5) is 40.7. The van der Waals surface area contributed by atoms with E-state index >= 15 is 0 Å². The van der Waals surface area contributed by atoms with Crippen LogP contribution < -0.4 is 10.1 Å². The molecule has 0 aliphatic carbocycles. The van der Waals surface area contributed by atoms with Crippen LogP contribution in [0, 0.1) is 11.3 Å². The van der Waals surface area contributed by atoms with E-state index in [2.05, 4.69) is 50.6 Å². The molecular weight excluding hydrogens is 660 g/mol. The van der Waals surface area contributed by atoms with Gasteiger partial charge in [0.2, 0.25) is 5.82 Å². The van der Waals surface area contributed by atoms with E-state index in [0.717, 1.165) is 11.1 Å². The number of imidazole rings is 1. The Balaban J connectivity index is 1.32. The molecule has 1 atom stereocenters. The van der Waals surface area contributed by atoms with Gasteiger partial charge in [-0.2, -0.15) is 15.2 Å². The molecule has 260 valence electrons. The molecule has 1 fully saturated rings. The molecule has 4 aromatic carbocycles. The number of carbonyl (C=O) groups excluding carboxylic acids is 2. The van der Waals surface area contributed by atoms with Crippen molar-refractivity contribution in [3.63, 3.8) is 0 Å². The molecule has 0 saturated carbocycles. The summed E-state index contributed by atoms with van der Waals surface area (Å²) in [6, 6.07) is 33.9. The van der Waals surface area contributed by atoms with Crippen LogP contribution in [0.5, 0.6) is 5.75 Å². The summed E-state index contributed by atoms with van der Waals surface area (Å²) < 4.78 is 24.2. The van der Waals surface area contributed by atoms with Gasteiger partial charge in [-0.1, -0.05) is 78.9 Å². The van der Waals surface area contributed by atoms with Gasteiger partial charge < -0.3 is 24.3 Å². The molecule has 1 saturated heterocycles. The van der Waals surface area contributed by atoms with Crippen molar-refractivity contribution >= 4 is 28.9 Å². The summed E-state index contributed by atoms with van der Waals surface area (Å²) >= 11 is 0. The first-order chi connectivity index (χ1) is 25.5. The van der Waals surface area contributed by atoms with Crippen LogP contribution in [0.25, 0.3) is 16.9 Å². The van der Waals surface area contributed by atoms with Crippen LogP contribution in [0.1, 0.15) is 55.6 Å². The van der Waals surface area contributed by atoms with Crippen LogP contribution in [-0.2, 0) is 20.8 Å². The van der Waals surface area contributed by atoms with Gasteiger partial charge in [0.25, 0.3) is 0 Å². The zero-order valence-electron chi connectivity index (χ0n) is 28.3. The zero-order valence-corrected chi connectivity index (χ0v) is 28.3. The average molecular weight is 695 g/mol. The first-order valence-electron chi connectivity index (χ1n) is 16.7. The summed E-state index contributed by atoms with van der Waals surface area (Å²) in [6.45, 7) is 1.27. The maximum Gasteiger partial charge on any atom is 0.343 e. The lowest BCUT2D eigenvalue weighted by molar-refractivity contribution is 0.0266. The molecule has 3 heterocycles. The zero-order chi connectivity index (χ0) is 35.9. The van der Waals surface area contributed by atoms with Crippen molar-refractivity contribution in [2.24, 2.45) is 0 Å². The van der Waals surface area contributed by atoms with Crippen molar-refractivity contribution in [1.29, 1.82) is 5.26 Å². The molecule has 7 rings (SSSR count). The monoisotopic (exact) mass is 694 g/mol. The van der Waals surface area contributed by atoms with E-state index in [1.165, 1.54) is 13.4 Å². The van der Waals surface area contributed by atoms with Gasteiger partial charge in [0.15, 0.2) is 22.7 Å². The van der Waals surface area contributed by atoms with Crippen LogP contribution >= 0.6 is 0 Å². The lowest BCUT2D eigenvalue weighted by Gasteiger charge is -2.19. The number of esters is 2. The Labute approximate surface area is 299 Å². The normalized spacial score (nSPS) is 13.9. The van der Waals surface area contributed by atoms with Crippen molar-refractivity contribution in [3.05, 3.63) is 143 Å². The highest BCUT2D eigenvalue weighted by Gasteiger charge is 2.27. The molecule has 0 radical (unpaired) electrons. The molecule has 0 amide bonds. The van der Waals surface area contributed by atoms with Crippen LogP contribution in [0.3, 0.4) is 0 Å². The SMILES string of the molecule is COCc1cc(OC(=O)c2ccccc2)c(-n2cnc3c(NCC(c4ccccc4)c4ccccc4)nc(C#N)nc32)cc1C(=O)OC1CCOC1. The largest absolute Gasteiger partial charge is 0.456 e. The topological polar surface area (TPSA) is 150 Å². The molecule has 52 heavy (non-hydrogen) atoms. The van der Waals surface area contributed by atoms with Gasteiger partial charge in [-0.25, -0.2) is 14.6 Å². The van der Waals surface area contributed by atoms with E-state index in [1.54, 1.807) is 47.0 Å². The maximum atomic E-state index is 13.6. The van der Waals surface area contributed by atoms with Crippen molar-refractivity contribution < 1.29 is 28.5 Å². The number of nitrogens with zero attached hydrogens (tertiary/aromatic N) is 5. The minimum Gasteiger partial charge on any atom is -0.456 e. The Morgan fingerprint density at radius 1 is 0.962 bits per heavy atom.